The van der Waals surface area contributed by atoms with Crippen molar-refractivity contribution < 1.29 is 9.53 Å². The van der Waals surface area contributed by atoms with Crippen molar-refractivity contribution in [1.82, 2.24) is 0 Å². The average Bonchev–Trinajstić information content (AvgIpc) is 3.03. The molecule has 0 spiro atoms. The lowest BCUT2D eigenvalue weighted by Crippen LogP contribution is -2.28. The third kappa shape index (κ3) is 3.17. The molecule has 2 nitrogen and oxygen atoms in total. The van der Waals surface area contributed by atoms with Crippen LogP contribution in [0.5, 0.6) is 5.75 Å². The first kappa shape index (κ1) is 17.9. The standard InChI is InChI=1S/C24H24O2S/c1-4-24(2,3)23(25)26-17-13-15-18(16-14-17)27-21-11-7-5-9-19(21)20-10-6-8-12-22(20)27/h5-16,27H,4H2,1-3H3. The highest BCUT2D eigenvalue weighted by Gasteiger charge is 2.28. The maximum Gasteiger partial charge on any atom is 0.316 e. The molecular weight excluding hydrogens is 352 g/mol. The molecule has 27 heavy (non-hydrogen) atoms. The zero-order chi connectivity index (χ0) is 19.0. The first-order chi connectivity index (χ1) is 13.0. The summed E-state index contributed by atoms with van der Waals surface area (Å²) in [7, 11) is -0.571. The summed E-state index contributed by atoms with van der Waals surface area (Å²) in [5.74, 6) is 0.432. The van der Waals surface area contributed by atoms with Crippen LogP contribution in [-0.4, -0.2) is 5.97 Å². The smallest absolute Gasteiger partial charge is 0.316 e. The van der Waals surface area contributed by atoms with Gasteiger partial charge < -0.3 is 4.74 Å². The molecule has 0 atom stereocenters. The van der Waals surface area contributed by atoms with E-state index in [-0.39, 0.29) is 5.97 Å². The van der Waals surface area contributed by atoms with E-state index in [1.54, 1.807) is 0 Å². The summed E-state index contributed by atoms with van der Waals surface area (Å²) in [6.07, 6.45) is 0.753. The predicted octanol–water partition coefficient (Wildman–Crippen LogP) is 6.49. The van der Waals surface area contributed by atoms with Gasteiger partial charge in [0.2, 0.25) is 0 Å². The molecule has 3 aromatic rings. The van der Waals surface area contributed by atoms with E-state index in [2.05, 4.69) is 60.7 Å². The third-order valence-electron chi connectivity index (χ3n) is 5.32. The number of thiol groups is 1. The average molecular weight is 377 g/mol. The molecule has 0 bridgehead atoms. The Hall–Kier alpha value is -2.52. The van der Waals surface area contributed by atoms with Crippen LogP contribution < -0.4 is 4.74 Å². The van der Waals surface area contributed by atoms with Crippen molar-refractivity contribution in [2.75, 3.05) is 0 Å². The van der Waals surface area contributed by atoms with Gasteiger partial charge in [-0.2, -0.15) is 10.9 Å². The van der Waals surface area contributed by atoms with Gasteiger partial charge in [-0.15, -0.1) is 0 Å². The van der Waals surface area contributed by atoms with Gasteiger partial charge >= 0.3 is 5.97 Å². The predicted molar refractivity (Wildman–Crippen MR) is 112 cm³/mol. The maximum atomic E-state index is 12.3. The van der Waals surface area contributed by atoms with Crippen LogP contribution in [-0.2, 0) is 4.79 Å². The summed E-state index contributed by atoms with van der Waals surface area (Å²) < 4.78 is 5.59. The van der Waals surface area contributed by atoms with Crippen LogP contribution in [0, 0.1) is 5.41 Å². The van der Waals surface area contributed by atoms with Crippen molar-refractivity contribution in [3.05, 3.63) is 72.8 Å². The molecule has 1 aliphatic rings. The molecule has 0 aliphatic carbocycles. The van der Waals surface area contributed by atoms with Gasteiger partial charge in [-0.25, -0.2) is 0 Å². The lowest BCUT2D eigenvalue weighted by atomic mass is 9.91. The van der Waals surface area contributed by atoms with Gasteiger partial charge in [0.15, 0.2) is 0 Å². The molecule has 1 heterocycles. The minimum absolute atomic E-state index is 0.181. The van der Waals surface area contributed by atoms with Crippen molar-refractivity contribution in [1.29, 1.82) is 0 Å². The number of ether oxygens (including phenoxy) is 1. The second-order valence-corrected chi connectivity index (χ2v) is 9.64. The van der Waals surface area contributed by atoms with Crippen LogP contribution in [0.3, 0.4) is 0 Å². The Bertz CT molecular complexity index is 944. The largest absolute Gasteiger partial charge is 0.426 e. The molecule has 0 saturated carbocycles. The number of hydrogen-bond donors (Lipinski definition) is 1. The number of rotatable bonds is 4. The maximum absolute atomic E-state index is 12.3. The highest BCUT2D eigenvalue weighted by molar-refractivity contribution is 8.17. The van der Waals surface area contributed by atoms with E-state index in [4.69, 9.17) is 4.74 Å². The number of fused-ring (bicyclic) bond motifs is 3. The zero-order valence-electron chi connectivity index (χ0n) is 15.9. The van der Waals surface area contributed by atoms with E-state index in [0.29, 0.717) is 5.75 Å². The van der Waals surface area contributed by atoms with E-state index in [1.807, 2.05) is 32.9 Å². The molecule has 4 rings (SSSR count). The summed E-state index contributed by atoms with van der Waals surface area (Å²) in [5, 5.41) is 0. The number of carbonyl (C=O) groups is 1. The molecule has 0 saturated heterocycles. The molecule has 0 aromatic heterocycles. The summed E-state index contributed by atoms with van der Waals surface area (Å²) in [6, 6.07) is 25.4. The van der Waals surface area contributed by atoms with Crippen molar-refractivity contribution in [3.63, 3.8) is 0 Å². The molecule has 0 radical (unpaired) electrons. The van der Waals surface area contributed by atoms with Gasteiger partial charge in [0.25, 0.3) is 0 Å². The Labute approximate surface area is 163 Å². The lowest BCUT2D eigenvalue weighted by molar-refractivity contribution is -0.144. The molecule has 0 amide bonds. The Morgan fingerprint density at radius 3 is 1.89 bits per heavy atom. The van der Waals surface area contributed by atoms with Crippen LogP contribution in [0.4, 0.5) is 0 Å². The van der Waals surface area contributed by atoms with E-state index in [1.165, 1.54) is 25.8 Å². The quantitative estimate of drug-likeness (QED) is 0.250. The van der Waals surface area contributed by atoms with Gasteiger partial charge in [0.05, 0.1) is 5.41 Å². The molecule has 3 heteroatoms. The van der Waals surface area contributed by atoms with Gasteiger partial charge in [0.1, 0.15) is 5.75 Å². The Morgan fingerprint density at radius 2 is 1.37 bits per heavy atom. The van der Waals surface area contributed by atoms with Crippen molar-refractivity contribution in [2.45, 2.75) is 41.9 Å². The molecule has 138 valence electrons. The van der Waals surface area contributed by atoms with Gasteiger partial charge in [0, 0.05) is 9.79 Å². The molecule has 0 unspecified atom stereocenters. The Morgan fingerprint density at radius 1 is 0.852 bits per heavy atom. The Kier molecular flexibility index (Phi) is 4.56. The molecule has 3 aromatic carbocycles. The van der Waals surface area contributed by atoms with E-state index in [0.717, 1.165) is 6.42 Å². The summed E-state index contributed by atoms with van der Waals surface area (Å²) in [6.45, 7) is 5.83. The SMILES string of the molecule is CCC(C)(C)C(=O)Oc1ccc([SH]2c3ccccc3-c3ccccc32)cc1. The lowest BCUT2D eigenvalue weighted by Gasteiger charge is -2.21. The zero-order valence-corrected chi connectivity index (χ0v) is 16.8. The summed E-state index contributed by atoms with van der Waals surface area (Å²) in [5.41, 5.74) is 2.20. The first-order valence-electron chi connectivity index (χ1n) is 9.32. The van der Waals surface area contributed by atoms with Crippen LogP contribution in [0.15, 0.2) is 87.5 Å². The highest BCUT2D eigenvalue weighted by Crippen LogP contribution is 2.62. The Balaban J connectivity index is 1.66. The van der Waals surface area contributed by atoms with E-state index in [9.17, 15) is 4.79 Å². The fourth-order valence-electron chi connectivity index (χ4n) is 3.25. The molecule has 0 N–H and O–H groups in total. The third-order valence-corrected chi connectivity index (χ3v) is 7.88. The van der Waals surface area contributed by atoms with Crippen LogP contribution in [0.1, 0.15) is 27.2 Å². The topological polar surface area (TPSA) is 26.3 Å². The van der Waals surface area contributed by atoms with E-state index >= 15 is 0 Å². The van der Waals surface area contributed by atoms with Gasteiger partial charge in [-0.1, -0.05) is 43.3 Å². The van der Waals surface area contributed by atoms with Crippen molar-refractivity contribution in [3.8, 4) is 16.9 Å². The fourth-order valence-corrected chi connectivity index (χ4v) is 5.86. The second-order valence-electron chi connectivity index (χ2n) is 7.49. The summed E-state index contributed by atoms with van der Waals surface area (Å²) >= 11 is 0. The van der Waals surface area contributed by atoms with Gasteiger partial charge in [-0.3, -0.25) is 4.79 Å². The molecular formula is C24H24O2S. The normalized spacial score (nSPS) is 13.8. The number of carbonyl (C=O) groups excluding carboxylic acids is 1. The number of esters is 1. The summed E-state index contributed by atoms with van der Waals surface area (Å²) in [4.78, 5) is 16.4. The van der Waals surface area contributed by atoms with E-state index < -0.39 is 16.3 Å². The van der Waals surface area contributed by atoms with Crippen LogP contribution in [0.2, 0.25) is 0 Å². The monoisotopic (exact) mass is 376 g/mol. The molecule has 1 aliphatic heterocycles. The second kappa shape index (κ2) is 6.90. The number of hydrogen-bond acceptors (Lipinski definition) is 2. The minimum atomic E-state index is -0.571. The fraction of sp³-hybridized carbons (Fsp3) is 0.208. The van der Waals surface area contributed by atoms with Gasteiger partial charge in [-0.05, 0) is 72.7 Å². The minimum Gasteiger partial charge on any atom is -0.426 e. The highest BCUT2D eigenvalue weighted by atomic mass is 32.2. The van der Waals surface area contributed by atoms with Crippen molar-refractivity contribution in [2.24, 2.45) is 5.41 Å². The molecule has 0 fully saturated rings. The van der Waals surface area contributed by atoms with Crippen molar-refractivity contribution >= 4 is 16.9 Å². The first-order valence-corrected chi connectivity index (χ1v) is 10.7. The van der Waals surface area contributed by atoms with Crippen LogP contribution >= 0.6 is 10.9 Å². The number of benzene rings is 3. The van der Waals surface area contributed by atoms with Crippen LogP contribution in [0.25, 0.3) is 11.1 Å².